The Labute approximate surface area is 121 Å². The molecule has 108 valence electrons. The van der Waals surface area contributed by atoms with E-state index in [1.165, 1.54) is 12.3 Å². The Morgan fingerprint density at radius 1 is 1.19 bits per heavy atom. The van der Waals surface area contributed by atoms with Gasteiger partial charge in [0.1, 0.15) is 11.6 Å². The van der Waals surface area contributed by atoms with E-state index in [4.69, 9.17) is 10.5 Å². The Morgan fingerprint density at radius 3 is 2.71 bits per heavy atom. The van der Waals surface area contributed by atoms with E-state index in [0.717, 1.165) is 5.56 Å². The number of pyridine rings is 1. The van der Waals surface area contributed by atoms with Gasteiger partial charge in [-0.25, -0.2) is 4.39 Å². The van der Waals surface area contributed by atoms with Gasteiger partial charge in [0, 0.05) is 11.8 Å². The van der Waals surface area contributed by atoms with Crippen LogP contribution in [0.4, 0.5) is 10.1 Å². The van der Waals surface area contributed by atoms with Crippen molar-refractivity contribution in [1.82, 2.24) is 14.6 Å². The summed E-state index contributed by atoms with van der Waals surface area (Å²) in [6.07, 6.45) is 1.39. The summed E-state index contributed by atoms with van der Waals surface area (Å²) in [6, 6.07) is 8.28. The first-order chi connectivity index (χ1) is 10.0. The number of anilines is 1. The fourth-order valence-corrected chi connectivity index (χ4v) is 2.11. The van der Waals surface area contributed by atoms with Gasteiger partial charge in [-0.15, -0.1) is 10.2 Å². The highest BCUT2D eigenvalue weighted by Gasteiger charge is 2.11. The summed E-state index contributed by atoms with van der Waals surface area (Å²) in [4.78, 5) is 0. The molecule has 2 N–H and O–H groups in total. The van der Waals surface area contributed by atoms with Crippen LogP contribution in [0.15, 0.2) is 36.5 Å². The molecular weight excluding hydrogens is 271 g/mol. The minimum atomic E-state index is -0.351. The minimum Gasteiger partial charge on any atom is -0.489 e. The second-order valence-corrected chi connectivity index (χ2v) is 5.02. The lowest BCUT2D eigenvalue weighted by Gasteiger charge is -2.12. The van der Waals surface area contributed by atoms with E-state index in [-0.39, 0.29) is 11.9 Å². The monoisotopic (exact) mass is 286 g/mol. The summed E-state index contributed by atoms with van der Waals surface area (Å²) in [5, 5.41) is 8.10. The summed E-state index contributed by atoms with van der Waals surface area (Å²) in [5.74, 6) is 0.803. The molecule has 0 aliphatic carbocycles. The number of rotatable bonds is 3. The van der Waals surface area contributed by atoms with Crippen LogP contribution in [0.2, 0.25) is 0 Å². The third-order valence-electron chi connectivity index (χ3n) is 3.00. The Kier molecular flexibility index (Phi) is 3.21. The molecule has 0 bridgehead atoms. The number of benzene rings is 1. The molecule has 0 unspecified atom stereocenters. The fourth-order valence-electron chi connectivity index (χ4n) is 2.11. The predicted molar refractivity (Wildman–Crippen MR) is 78.6 cm³/mol. The van der Waals surface area contributed by atoms with Crippen LogP contribution < -0.4 is 10.5 Å². The molecule has 6 heteroatoms. The molecule has 0 fully saturated rings. The zero-order valence-corrected chi connectivity index (χ0v) is 11.7. The number of hydrogen-bond acceptors (Lipinski definition) is 4. The predicted octanol–water partition coefficient (Wildman–Crippen LogP) is 2.90. The van der Waals surface area contributed by atoms with Crippen molar-refractivity contribution in [3.63, 3.8) is 0 Å². The number of nitrogens with zero attached hydrogens (tertiary/aromatic N) is 3. The zero-order valence-electron chi connectivity index (χ0n) is 11.7. The minimum absolute atomic E-state index is 0.0427. The molecular formula is C15H15FN4O. The highest BCUT2D eigenvalue weighted by molar-refractivity contribution is 5.68. The van der Waals surface area contributed by atoms with Gasteiger partial charge in [-0.1, -0.05) is 0 Å². The maximum Gasteiger partial charge on any atom is 0.168 e. The fraction of sp³-hybridized carbons (Fsp3) is 0.200. The van der Waals surface area contributed by atoms with Crippen molar-refractivity contribution in [1.29, 1.82) is 0 Å². The van der Waals surface area contributed by atoms with Crippen LogP contribution in [-0.2, 0) is 0 Å². The van der Waals surface area contributed by atoms with Crippen molar-refractivity contribution < 1.29 is 9.13 Å². The lowest BCUT2D eigenvalue weighted by Crippen LogP contribution is -2.07. The first-order valence-corrected chi connectivity index (χ1v) is 6.61. The Balaban J connectivity index is 2.06. The van der Waals surface area contributed by atoms with Gasteiger partial charge in [0.15, 0.2) is 11.5 Å². The summed E-state index contributed by atoms with van der Waals surface area (Å²) in [5.41, 5.74) is 7.83. The van der Waals surface area contributed by atoms with Crippen LogP contribution in [0.25, 0.3) is 17.0 Å². The third kappa shape index (κ3) is 2.52. The lowest BCUT2D eigenvalue weighted by atomic mass is 10.1. The second kappa shape index (κ2) is 5.05. The third-order valence-corrected chi connectivity index (χ3v) is 3.00. The average Bonchev–Trinajstić information content (AvgIpc) is 2.83. The van der Waals surface area contributed by atoms with Crippen molar-refractivity contribution in [2.75, 3.05) is 5.73 Å². The summed E-state index contributed by atoms with van der Waals surface area (Å²) in [7, 11) is 0. The number of halogens is 1. The van der Waals surface area contributed by atoms with Crippen LogP contribution in [0.5, 0.6) is 5.75 Å². The number of aromatic nitrogens is 3. The van der Waals surface area contributed by atoms with Crippen LogP contribution in [0.3, 0.4) is 0 Å². The molecule has 2 aromatic heterocycles. The van der Waals surface area contributed by atoms with Crippen molar-refractivity contribution in [2.45, 2.75) is 20.0 Å². The topological polar surface area (TPSA) is 65.4 Å². The van der Waals surface area contributed by atoms with Crippen molar-refractivity contribution in [3.8, 4) is 17.1 Å². The first-order valence-electron chi connectivity index (χ1n) is 6.61. The van der Waals surface area contributed by atoms with Crippen molar-refractivity contribution in [3.05, 3.63) is 42.3 Å². The van der Waals surface area contributed by atoms with E-state index in [9.17, 15) is 4.39 Å². The van der Waals surface area contributed by atoms with E-state index in [2.05, 4.69) is 10.2 Å². The molecule has 3 rings (SSSR count). The van der Waals surface area contributed by atoms with Gasteiger partial charge in [0.05, 0.1) is 11.8 Å². The van der Waals surface area contributed by atoms with Gasteiger partial charge in [0.25, 0.3) is 0 Å². The van der Waals surface area contributed by atoms with Gasteiger partial charge < -0.3 is 10.5 Å². The molecule has 0 radical (unpaired) electrons. The molecule has 0 atom stereocenters. The molecule has 0 aliphatic heterocycles. The lowest BCUT2D eigenvalue weighted by molar-refractivity contribution is 0.244. The van der Waals surface area contributed by atoms with Gasteiger partial charge in [0.2, 0.25) is 0 Å². The molecule has 0 amide bonds. The molecule has 21 heavy (non-hydrogen) atoms. The van der Waals surface area contributed by atoms with Crippen LogP contribution >= 0.6 is 0 Å². The molecule has 1 aromatic carbocycles. The first kappa shape index (κ1) is 13.4. The number of fused-ring (bicyclic) bond motifs is 1. The van der Waals surface area contributed by atoms with Crippen molar-refractivity contribution >= 4 is 11.3 Å². The van der Waals surface area contributed by atoms with E-state index >= 15 is 0 Å². The van der Waals surface area contributed by atoms with Crippen molar-refractivity contribution in [2.24, 2.45) is 0 Å². The number of nitrogen functional groups attached to an aromatic ring is 1. The Bertz CT molecular complexity index is 797. The molecule has 0 aliphatic rings. The molecule has 0 saturated heterocycles. The second-order valence-electron chi connectivity index (χ2n) is 5.02. The standard InChI is InChI=1S/C15H15FN4O/c1-9(2)21-13-5-3-10(7-12(13)17)15-19-18-14-6-4-11(16)8-20(14)15/h3-9H,17H2,1-2H3. The molecule has 0 saturated carbocycles. The number of hydrogen-bond donors (Lipinski definition) is 1. The summed E-state index contributed by atoms with van der Waals surface area (Å²) < 4.78 is 20.6. The van der Waals surface area contributed by atoms with Gasteiger partial charge in [-0.3, -0.25) is 4.40 Å². The van der Waals surface area contributed by atoms with E-state index in [0.29, 0.717) is 22.9 Å². The summed E-state index contributed by atoms with van der Waals surface area (Å²) in [6.45, 7) is 3.87. The van der Waals surface area contributed by atoms with Crippen LogP contribution in [-0.4, -0.2) is 20.7 Å². The smallest absolute Gasteiger partial charge is 0.168 e. The Hall–Kier alpha value is -2.63. The van der Waals surface area contributed by atoms with E-state index in [1.807, 2.05) is 19.9 Å². The van der Waals surface area contributed by atoms with Gasteiger partial charge >= 0.3 is 0 Å². The van der Waals surface area contributed by atoms with E-state index < -0.39 is 0 Å². The summed E-state index contributed by atoms with van der Waals surface area (Å²) >= 11 is 0. The van der Waals surface area contributed by atoms with Gasteiger partial charge in [-0.2, -0.15) is 0 Å². The van der Waals surface area contributed by atoms with Crippen LogP contribution in [0.1, 0.15) is 13.8 Å². The van der Waals surface area contributed by atoms with E-state index in [1.54, 1.807) is 22.6 Å². The van der Waals surface area contributed by atoms with Gasteiger partial charge in [-0.05, 0) is 44.2 Å². The molecule has 2 heterocycles. The molecule has 0 spiro atoms. The molecule has 5 nitrogen and oxygen atoms in total. The maximum absolute atomic E-state index is 13.4. The highest BCUT2D eigenvalue weighted by atomic mass is 19.1. The Morgan fingerprint density at radius 2 is 2.00 bits per heavy atom. The average molecular weight is 286 g/mol. The number of nitrogens with two attached hydrogens (primary N) is 1. The maximum atomic E-state index is 13.4. The van der Waals surface area contributed by atoms with Crippen LogP contribution in [0, 0.1) is 5.82 Å². The largest absolute Gasteiger partial charge is 0.489 e. The highest BCUT2D eigenvalue weighted by Crippen LogP contribution is 2.28. The number of ether oxygens (including phenoxy) is 1. The molecule has 3 aromatic rings. The SMILES string of the molecule is CC(C)Oc1ccc(-c2nnc3ccc(F)cn23)cc1N. The normalized spacial score (nSPS) is 11.2. The zero-order chi connectivity index (χ0) is 15.0. The quantitative estimate of drug-likeness (QED) is 0.752.